The minimum atomic E-state index is -3.05. The van der Waals surface area contributed by atoms with Crippen molar-refractivity contribution in [3.63, 3.8) is 0 Å². The lowest BCUT2D eigenvalue weighted by atomic mass is 10.1. The summed E-state index contributed by atoms with van der Waals surface area (Å²) in [6.07, 6.45) is 3.61. The molecule has 0 aliphatic carbocycles. The van der Waals surface area contributed by atoms with E-state index < -0.39 is 21.5 Å². The van der Waals surface area contributed by atoms with Crippen molar-refractivity contribution in [1.82, 2.24) is 16.0 Å². The Hall–Kier alpha value is -1.51. The molecule has 0 saturated heterocycles. The maximum atomic E-state index is 11.9. The van der Waals surface area contributed by atoms with Gasteiger partial charge in [-0.15, -0.1) is 0 Å². The minimum absolute atomic E-state index is 0.000635. The minimum Gasteiger partial charge on any atom is -0.444 e. The van der Waals surface area contributed by atoms with E-state index in [9.17, 15) is 13.2 Å². The molecule has 0 aliphatic heterocycles. The number of sulfone groups is 1. The lowest BCUT2D eigenvalue weighted by molar-refractivity contribution is 0.0522. The number of guanidine groups is 1. The predicted octanol–water partition coefficient (Wildman–Crippen LogP) is 1.67. The molecule has 0 aromatic carbocycles. The number of ether oxygens (including phenoxy) is 1. The molecular formula is C17H36N4O4S. The highest BCUT2D eigenvalue weighted by molar-refractivity contribution is 7.90. The number of rotatable bonds is 10. The normalized spacial score (nSPS) is 13.8. The van der Waals surface area contributed by atoms with Crippen LogP contribution in [0.25, 0.3) is 0 Å². The number of hydrogen-bond donors (Lipinski definition) is 3. The molecule has 154 valence electrons. The second-order valence-corrected chi connectivity index (χ2v) is 9.52. The first-order valence-electron chi connectivity index (χ1n) is 9.16. The van der Waals surface area contributed by atoms with E-state index in [1.54, 1.807) is 0 Å². The number of hydrogen-bond acceptors (Lipinski definition) is 5. The molecule has 0 aliphatic rings. The van der Waals surface area contributed by atoms with E-state index in [-0.39, 0.29) is 18.3 Å². The summed E-state index contributed by atoms with van der Waals surface area (Å²) in [6, 6.07) is -0.0292. The number of carbonyl (C=O) groups is 1. The van der Waals surface area contributed by atoms with Crippen LogP contribution in [-0.2, 0) is 14.6 Å². The summed E-state index contributed by atoms with van der Waals surface area (Å²) in [7, 11) is -3.05. The van der Waals surface area contributed by atoms with Crippen LogP contribution in [-0.4, -0.2) is 63.8 Å². The zero-order chi connectivity index (χ0) is 20.2. The quantitative estimate of drug-likeness (QED) is 0.385. The van der Waals surface area contributed by atoms with Gasteiger partial charge in [0.2, 0.25) is 0 Å². The van der Waals surface area contributed by atoms with Crippen LogP contribution < -0.4 is 16.0 Å². The van der Waals surface area contributed by atoms with Crippen LogP contribution in [0.15, 0.2) is 4.99 Å². The van der Waals surface area contributed by atoms with Crippen molar-refractivity contribution in [3.05, 3.63) is 0 Å². The van der Waals surface area contributed by atoms with Gasteiger partial charge in [0.15, 0.2) is 5.96 Å². The molecule has 0 bridgehead atoms. The monoisotopic (exact) mass is 392 g/mol. The fourth-order valence-corrected chi connectivity index (χ4v) is 2.46. The third-order valence-electron chi connectivity index (χ3n) is 3.21. The van der Waals surface area contributed by atoms with Gasteiger partial charge in [-0.05, 0) is 34.1 Å². The maximum Gasteiger partial charge on any atom is 0.407 e. The van der Waals surface area contributed by atoms with E-state index in [4.69, 9.17) is 4.74 Å². The largest absolute Gasteiger partial charge is 0.444 e. The number of aliphatic imine (C=N–C) groups is 1. The van der Waals surface area contributed by atoms with Crippen LogP contribution in [0.2, 0.25) is 0 Å². The molecule has 9 heteroatoms. The zero-order valence-corrected chi connectivity index (χ0v) is 17.8. The highest BCUT2D eigenvalue weighted by atomic mass is 32.2. The molecule has 3 N–H and O–H groups in total. The van der Waals surface area contributed by atoms with Crippen molar-refractivity contribution in [2.75, 3.05) is 31.6 Å². The smallest absolute Gasteiger partial charge is 0.407 e. The van der Waals surface area contributed by atoms with Crippen LogP contribution >= 0.6 is 0 Å². The summed E-state index contributed by atoms with van der Waals surface area (Å²) in [5.74, 6) is 0.544. The van der Waals surface area contributed by atoms with Crippen molar-refractivity contribution < 1.29 is 17.9 Å². The van der Waals surface area contributed by atoms with E-state index in [0.717, 1.165) is 19.3 Å². The Morgan fingerprint density at radius 1 is 1.19 bits per heavy atom. The molecule has 0 aromatic rings. The standard InChI is InChI=1S/C17H36N4O4S/c1-7-9-10-14(13-20-16(22)25-17(3,4)5)21-15(18-8-2)19-11-12-26(6,23)24/h14H,7-13H2,1-6H3,(H,20,22)(H2,18,19,21). The van der Waals surface area contributed by atoms with Crippen molar-refractivity contribution in [2.45, 2.75) is 65.5 Å². The number of unbranched alkanes of at least 4 members (excludes halogenated alkanes) is 1. The molecular weight excluding hydrogens is 356 g/mol. The van der Waals surface area contributed by atoms with Gasteiger partial charge in [0.1, 0.15) is 15.4 Å². The third-order valence-corrected chi connectivity index (χ3v) is 4.14. The van der Waals surface area contributed by atoms with Crippen LogP contribution in [0.4, 0.5) is 4.79 Å². The first-order chi connectivity index (χ1) is 12.0. The van der Waals surface area contributed by atoms with E-state index in [0.29, 0.717) is 19.0 Å². The maximum absolute atomic E-state index is 11.9. The van der Waals surface area contributed by atoms with E-state index in [1.807, 2.05) is 27.7 Å². The Morgan fingerprint density at radius 3 is 2.35 bits per heavy atom. The average molecular weight is 393 g/mol. The van der Waals surface area contributed by atoms with Gasteiger partial charge in [0.25, 0.3) is 0 Å². The number of alkyl carbamates (subject to hydrolysis) is 1. The van der Waals surface area contributed by atoms with Gasteiger partial charge in [-0.2, -0.15) is 0 Å². The van der Waals surface area contributed by atoms with Crippen LogP contribution in [0, 0.1) is 0 Å². The molecule has 0 aromatic heterocycles. The Morgan fingerprint density at radius 2 is 1.85 bits per heavy atom. The Balaban J connectivity index is 4.79. The summed E-state index contributed by atoms with van der Waals surface area (Å²) >= 11 is 0. The highest BCUT2D eigenvalue weighted by Crippen LogP contribution is 2.07. The van der Waals surface area contributed by atoms with Gasteiger partial charge < -0.3 is 20.7 Å². The Kier molecular flexibility index (Phi) is 11.3. The number of amides is 1. The van der Waals surface area contributed by atoms with Gasteiger partial charge in [0.05, 0.1) is 12.3 Å². The number of nitrogens with zero attached hydrogens (tertiary/aromatic N) is 1. The Bertz CT molecular complexity index is 541. The Labute approximate surface area is 158 Å². The lowest BCUT2D eigenvalue weighted by Crippen LogP contribution is -2.49. The van der Waals surface area contributed by atoms with Crippen molar-refractivity contribution in [1.29, 1.82) is 0 Å². The molecule has 1 amide bonds. The SMILES string of the molecule is CCCCC(CNC(=O)OC(C)(C)C)NC(=NCCS(C)(=O)=O)NCC. The topological polar surface area (TPSA) is 109 Å². The predicted molar refractivity (Wildman–Crippen MR) is 106 cm³/mol. The summed E-state index contributed by atoms with van der Waals surface area (Å²) < 4.78 is 27.8. The number of carbonyl (C=O) groups excluding carboxylic acids is 1. The summed E-state index contributed by atoms with van der Waals surface area (Å²) in [6.45, 7) is 10.7. The molecule has 1 unspecified atom stereocenters. The van der Waals surface area contributed by atoms with E-state index in [2.05, 4.69) is 27.9 Å². The molecule has 26 heavy (non-hydrogen) atoms. The molecule has 0 rings (SSSR count). The summed E-state index contributed by atoms with van der Waals surface area (Å²) in [4.78, 5) is 16.2. The van der Waals surface area contributed by atoms with Gasteiger partial charge in [-0.25, -0.2) is 13.2 Å². The molecule has 0 heterocycles. The summed E-state index contributed by atoms with van der Waals surface area (Å²) in [5, 5.41) is 9.14. The molecule has 0 saturated carbocycles. The van der Waals surface area contributed by atoms with E-state index in [1.165, 1.54) is 6.26 Å². The van der Waals surface area contributed by atoms with E-state index >= 15 is 0 Å². The fraction of sp³-hybridized carbons (Fsp3) is 0.882. The summed E-state index contributed by atoms with van der Waals surface area (Å²) in [5.41, 5.74) is -0.543. The second-order valence-electron chi connectivity index (χ2n) is 7.26. The average Bonchev–Trinajstić information content (AvgIpc) is 2.47. The van der Waals surface area contributed by atoms with Crippen molar-refractivity contribution >= 4 is 21.9 Å². The fourth-order valence-electron chi connectivity index (χ4n) is 2.03. The molecule has 0 fully saturated rings. The van der Waals surface area contributed by atoms with Crippen molar-refractivity contribution in [3.8, 4) is 0 Å². The molecule has 0 spiro atoms. The van der Waals surface area contributed by atoms with Crippen molar-refractivity contribution in [2.24, 2.45) is 4.99 Å². The second kappa shape index (κ2) is 12.0. The first kappa shape index (κ1) is 24.5. The van der Waals surface area contributed by atoms with Gasteiger partial charge >= 0.3 is 6.09 Å². The van der Waals surface area contributed by atoms with Crippen LogP contribution in [0.3, 0.4) is 0 Å². The zero-order valence-electron chi connectivity index (χ0n) is 17.0. The lowest BCUT2D eigenvalue weighted by Gasteiger charge is -2.24. The highest BCUT2D eigenvalue weighted by Gasteiger charge is 2.18. The molecule has 0 radical (unpaired) electrons. The van der Waals surface area contributed by atoms with Gasteiger partial charge in [0, 0.05) is 25.4 Å². The molecule has 1 atom stereocenters. The van der Waals surface area contributed by atoms with Gasteiger partial charge in [-0.1, -0.05) is 19.8 Å². The molecule has 8 nitrogen and oxygen atoms in total. The number of nitrogens with one attached hydrogen (secondary N) is 3. The first-order valence-corrected chi connectivity index (χ1v) is 11.2. The van der Waals surface area contributed by atoms with Crippen LogP contribution in [0.5, 0.6) is 0 Å². The van der Waals surface area contributed by atoms with Crippen LogP contribution in [0.1, 0.15) is 53.9 Å². The van der Waals surface area contributed by atoms with Gasteiger partial charge in [-0.3, -0.25) is 4.99 Å². The third kappa shape index (κ3) is 14.8.